The van der Waals surface area contributed by atoms with Crippen LogP contribution in [0.25, 0.3) is 0 Å². The van der Waals surface area contributed by atoms with E-state index in [9.17, 15) is 14.4 Å². The van der Waals surface area contributed by atoms with Gasteiger partial charge >= 0.3 is 0 Å². The molecule has 1 saturated heterocycles. The summed E-state index contributed by atoms with van der Waals surface area (Å²) in [6, 6.07) is 13.9. The van der Waals surface area contributed by atoms with E-state index in [1.54, 1.807) is 48.5 Å². The molecule has 2 amide bonds. The maximum absolute atomic E-state index is 13.1. The van der Waals surface area contributed by atoms with Crippen LogP contribution in [0.5, 0.6) is 5.75 Å². The van der Waals surface area contributed by atoms with Gasteiger partial charge in [0.2, 0.25) is 11.8 Å². The summed E-state index contributed by atoms with van der Waals surface area (Å²) in [7, 11) is 0. The Morgan fingerprint density at radius 3 is 2.24 bits per heavy atom. The summed E-state index contributed by atoms with van der Waals surface area (Å²) in [5.74, 6) is -0.369. The van der Waals surface area contributed by atoms with Crippen molar-refractivity contribution in [1.82, 2.24) is 0 Å². The third kappa shape index (κ3) is 2.94. The smallest absolute Gasteiger partial charge is 0.238 e. The minimum atomic E-state index is -0.269. The SMILES string of the molecule is O=C(COc1ccccc1N1C(=O)[C@@H]2[C@H](C1=O)[C@H]1C=C[C@H]2C1)c1ccc(Br)cc1. The summed E-state index contributed by atoms with van der Waals surface area (Å²) in [4.78, 5) is 39.9. The van der Waals surface area contributed by atoms with Crippen LogP contribution in [0.4, 0.5) is 5.69 Å². The first-order chi connectivity index (χ1) is 14.0. The van der Waals surface area contributed by atoms with Crippen molar-refractivity contribution in [3.63, 3.8) is 0 Å². The molecule has 0 aromatic heterocycles. The normalized spacial score (nSPS) is 26.9. The van der Waals surface area contributed by atoms with E-state index in [2.05, 4.69) is 28.1 Å². The van der Waals surface area contributed by atoms with Gasteiger partial charge in [0.1, 0.15) is 5.75 Å². The van der Waals surface area contributed by atoms with Gasteiger partial charge in [-0.3, -0.25) is 14.4 Å². The van der Waals surface area contributed by atoms with Crippen LogP contribution in [0.15, 0.2) is 65.2 Å². The van der Waals surface area contributed by atoms with Gasteiger partial charge in [-0.1, -0.05) is 52.3 Å². The highest BCUT2D eigenvalue weighted by molar-refractivity contribution is 9.10. The van der Waals surface area contributed by atoms with Gasteiger partial charge in [0, 0.05) is 10.0 Å². The third-order valence-corrected chi connectivity index (χ3v) is 6.63. The maximum atomic E-state index is 13.1. The Morgan fingerprint density at radius 2 is 1.59 bits per heavy atom. The molecule has 1 saturated carbocycles. The number of nitrogens with zero attached hydrogens (tertiary/aromatic N) is 1. The predicted molar refractivity (Wildman–Crippen MR) is 111 cm³/mol. The zero-order valence-electron chi connectivity index (χ0n) is 15.5. The number of hydrogen-bond donors (Lipinski definition) is 0. The topological polar surface area (TPSA) is 63.7 Å². The second kappa shape index (κ2) is 6.95. The molecule has 1 heterocycles. The molecule has 0 spiro atoms. The minimum Gasteiger partial charge on any atom is -0.483 e. The van der Waals surface area contributed by atoms with Crippen molar-refractivity contribution in [3.8, 4) is 5.75 Å². The molecule has 3 aliphatic rings. The first-order valence-corrected chi connectivity index (χ1v) is 10.4. The van der Waals surface area contributed by atoms with Crippen molar-refractivity contribution in [2.45, 2.75) is 6.42 Å². The fraction of sp³-hybridized carbons (Fsp3) is 0.261. The summed E-state index contributed by atoms with van der Waals surface area (Å²) >= 11 is 3.35. The van der Waals surface area contributed by atoms with Gasteiger partial charge in [0.25, 0.3) is 0 Å². The van der Waals surface area contributed by atoms with Crippen molar-refractivity contribution in [2.24, 2.45) is 23.7 Å². The molecule has 2 bridgehead atoms. The second-order valence-corrected chi connectivity index (χ2v) is 8.61. The fourth-order valence-electron chi connectivity index (χ4n) is 4.77. The molecule has 2 aliphatic carbocycles. The van der Waals surface area contributed by atoms with Crippen LogP contribution >= 0.6 is 15.9 Å². The Kier molecular flexibility index (Phi) is 4.39. The zero-order valence-corrected chi connectivity index (χ0v) is 17.0. The molecule has 5 nitrogen and oxygen atoms in total. The first kappa shape index (κ1) is 18.3. The summed E-state index contributed by atoms with van der Waals surface area (Å²) in [6.45, 7) is -0.172. The van der Waals surface area contributed by atoms with Crippen molar-refractivity contribution >= 4 is 39.2 Å². The van der Waals surface area contributed by atoms with E-state index in [1.165, 1.54) is 4.90 Å². The Balaban J connectivity index is 1.38. The van der Waals surface area contributed by atoms with E-state index >= 15 is 0 Å². The molecule has 1 aliphatic heterocycles. The number of carbonyl (C=O) groups is 3. The Hall–Kier alpha value is -2.73. The van der Waals surface area contributed by atoms with Crippen molar-refractivity contribution in [2.75, 3.05) is 11.5 Å². The van der Waals surface area contributed by atoms with Crippen LogP contribution in [-0.4, -0.2) is 24.2 Å². The lowest BCUT2D eigenvalue weighted by Crippen LogP contribution is -2.33. The first-order valence-electron chi connectivity index (χ1n) is 9.61. The van der Waals surface area contributed by atoms with Gasteiger partial charge < -0.3 is 4.74 Å². The highest BCUT2D eigenvalue weighted by Crippen LogP contribution is 2.53. The number of rotatable bonds is 5. The lowest BCUT2D eigenvalue weighted by atomic mass is 9.85. The number of ketones is 1. The molecular weight excluding hydrogens is 434 g/mol. The fourth-order valence-corrected chi connectivity index (χ4v) is 5.03. The number of anilines is 1. The molecule has 4 atom stereocenters. The summed E-state index contributed by atoms with van der Waals surface area (Å²) in [5.41, 5.74) is 0.955. The third-order valence-electron chi connectivity index (χ3n) is 6.10. The van der Waals surface area contributed by atoms with Crippen molar-refractivity contribution in [1.29, 1.82) is 0 Å². The number of halogens is 1. The predicted octanol–water partition coefficient (Wildman–Crippen LogP) is 4.02. The monoisotopic (exact) mass is 451 g/mol. The number of Topliss-reactive ketones (excluding diaryl/α,β-unsaturated/α-hetero) is 1. The van der Waals surface area contributed by atoms with E-state index in [-0.39, 0.29) is 47.9 Å². The van der Waals surface area contributed by atoms with E-state index in [0.717, 1.165) is 10.9 Å². The molecule has 5 rings (SSSR count). The molecule has 2 aromatic rings. The number of carbonyl (C=O) groups excluding carboxylic acids is 3. The van der Waals surface area contributed by atoms with Gasteiger partial charge in [-0.15, -0.1) is 0 Å². The number of para-hydroxylation sites is 2. The van der Waals surface area contributed by atoms with Gasteiger partial charge in [-0.05, 0) is 42.5 Å². The average molecular weight is 452 g/mol. The van der Waals surface area contributed by atoms with E-state index in [1.807, 2.05) is 0 Å². The Labute approximate surface area is 176 Å². The number of amides is 2. The Bertz CT molecular complexity index is 1020. The van der Waals surface area contributed by atoms with E-state index in [0.29, 0.717) is 17.0 Å². The van der Waals surface area contributed by atoms with Gasteiger partial charge in [0.15, 0.2) is 12.4 Å². The quantitative estimate of drug-likeness (QED) is 0.391. The molecule has 29 heavy (non-hydrogen) atoms. The average Bonchev–Trinajstić information content (AvgIpc) is 3.41. The largest absolute Gasteiger partial charge is 0.483 e. The summed E-state index contributed by atoms with van der Waals surface area (Å²) < 4.78 is 6.65. The molecule has 0 unspecified atom stereocenters. The number of fused-ring (bicyclic) bond motifs is 5. The van der Waals surface area contributed by atoms with Crippen LogP contribution in [0.3, 0.4) is 0 Å². The number of ether oxygens (including phenoxy) is 1. The van der Waals surface area contributed by atoms with Crippen LogP contribution in [0, 0.1) is 23.7 Å². The van der Waals surface area contributed by atoms with Gasteiger partial charge in [-0.2, -0.15) is 0 Å². The number of allylic oxidation sites excluding steroid dienone is 2. The summed E-state index contributed by atoms with van der Waals surface area (Å²) in [5, 5.41) is 0. The maximum Gasteiger partial charge on any atom is 0.238 e. The molecule has 6 heteroatoms. The van der Waals surface area contributed by atoms with E-state index in [4.69, 9.17) is 4.74 Å². The standard InChI is InChI=1S/C23H18BrNO4/c24-16-9-7-13(8-10-16)18(26)12-29-19-4-2-1-3-17(19)25-22(27)20-14-5-6-15(11-14)21(20)23(25)28/h1-10,14-15,20-21H,11-12H2/t14-,15-,20-,21+/m0/s1. The molecule has 2 aromatic carbocycles. The highest BCUT2D eigenvalue weighted by Gasteiger charge is 2.59. The molecular formula is C23H18BrNO4. The number of benzene rings is 2. The molecule has 0 radical (unpaired) electrons. The summed E-state index contributed by atoms with van der Waals surface area (Å²) in [6.07, 6.45) is 5.03. The van der Waals surface area contributed by atoms with Crippen LogP contribution in [0.1, 0.15) is 16.8 Å². The molecule has 146 valence electrons. The Morgan fingerprint density at radius 1 is 0.966 bits per heavy atom. The van der Waals surface area contributed by atoms with Gasteiger partial charge in [0.05, 0.1) is 17.5 Å². The minimum absolute atomic E-state index is 0.151. The van der Waals surface area contributed by atoms with Crippen LogP contribution in [-0.2, 0) is 9.59 Å². The van der Waals surface area contributed by atoms with Crippen molar-refractivity contribution < 1.29 is 19.1 Å². The second-order valence-electron chi connectivity index (χ2n) is 7.70. The van der Waals surface area contributed by atoms with E-state index < -0.39 is 0 Å². The van der Waals surface area contributed by atoms with Crippen molar-refractivity contribution in [3.05, 3.63) is 70.7 Å². The van der Waals surface area contributed by atoms with Crippen LogP contribution < -0.4 is 9.64 Å². The lowest BCUT2D eigenvalue weighted by Gasteiger charge is -2.20. The van der Waals surface area contributed by atoms with Crippen LogP contribution in [0.2, 0.25) is 0 Å². The number of imide groups is 1. The molecule has 0 N–H and O–H groups in total. The highest BCUT2D eigenvalue weighted by atomic mass is 79.9. The van der Waals surface area contributed by atoms with Gasteiger partial charge in [-0.25, -0.2) is 4.90 Å². The number of hydrogen-bond acceptors (Lipinski definition) is 4. The molecule has 2 fully saturated rings. The lowest BCUT2D eigenvalue weighted by molar-refractivity contribution is -0.123. The zero-order chi connectivity index (χ0) is 20.1.